The van der Waals surface area contributed by atoms with E-state index in [1.54, 1.807) is 12.4 Å². The second-order valence-electron chi connectivity index (χ2n) is 3.91. The molecule has 0 radical (unpaired) electrons. The Morgan fingerprint density at radius 2 is 1.63 bits per heavy atom. The van der Waals surface area contributed by atoms with E-state index in [1.807, 2.05) is 13.8 Å². The first-order chi connectivity index (χ1) is 9.33. The van der Waals surface area contributed by atoms with Crippen LogP contribution >= 0.6 is 0 Å². The van der Waals surface area contributed by atoms with Gasteiger partial charge in [-0.1, -0.05) is 0 Å². The second-order valence-corrected chi connectivity index (χ2v) is 3.91. The lowest BCUT2D eigenvalue weighted by Crippen LogP contribution is -2.33. The fourth-order valence-electron chi connectivity index (χ4n) is 1.73. The van der Waals surface area contributed by atoms with Crippen molar-refractivity contribution in [2.24, 2.45) is 5.73 Å². The highest BCUT2D eigenvalue weighted by Crippen LogP contribution is 2.13. The van der Waals surface area contributed by atoms with Gasteiger partial charge in [0, 0.05) is 45.2 Å². The van der Waals surface area contributed by atoms with E-state index in [0.29, 0.717) is 33.0 Å². The van der Waals surface area contributed by atoms with Gasteiger partial charge in [0.1, 0.15) is 0 Å². The maximum Gasteiger partial charge on any atom is 0.151 e. The fraction of sp³-hybridized carbons (Fsp3) is 0.692. The molecule has 0 aliphatic rings. The number of hydrogen-bond acceptors (Lipinski definition) is 6. The van der Waals surface area contributed by atoms with Gasteiger partial charge in [-0.3, -0.25) is 4.98 Å². The molecular formula is C13H24N4O2. The SMILES string of the molecule is CCOCCN(CCOCC)c1nccnc1CN. The molecule has 2 N–H and O–H groups in total. The average molecular weight is 268 g/mol. The normalized spacial score (nSPS) is 10.7. The number of ether oxygens (including phenoxy) is 2. The Morgan fingerprint density at radius 1 is 1.05 bits per heavy atom. The molecule has 6 heteroatoms. The van der Waals surface area contributed by atoms with Crippen LogP contribution in [0.5, 0.6) is 0 Å². The molecule has 19 heavy (non-hydrogen) atoms. The van der Waals surface area contributed by atoms with Crippen molar-refractivity contribution in [3.05, 3.63) is 18.1 Å². The molecule has 1 aromatic heterocycles. The van der Waals surface area contributed by atoms with Crippen molar-refractivity contribution < 1.29 is 9.47 Å². The van der Waals surface area contributed by atoms with Crippen LogP contribution < -0.4 is 10.6 Å². The lowest BCUT2D eigenvalue weighted by Gasteiger charge is -2.24. The molecule has 1 heterocycles. The Labute approximate surface area is 114 Å². The zero-order chi connectivity index (χ0) is 13.9. The van der Waals surface area contributed by atoms with E-state index in [4.69, 9.17) is 15.2 Å². The Balaban J connectivity index is 2.69. The van der Waals surface area contributed by atoms with Crippen molar-refractivity contribution >= 4 is 5.82 Å². The minimum Gasteiger partial charge on any atom is -0.380 e. The predicted octanol–water partition coefficient (Wildman–Crippen LogP) is 0.815. The number of rotatable bonds is 10. The van der Waals surface area contributed by atoms with Crippen molar-refractivity contribution in [3.63, 3.8) is 0 Å². The van der Waals surface area contributed by atoms with Crippen LogP contribution in [0.2, 0.25) is 0 Å². The molecule has 6 nitrogen and oxygen atoms in total. The molecule has 0 aromatic carbocycles. The van der Waals surface area contributed by atoms with Gasteiger partial charge in [-0.25, -0.2) is 4.98 Å². The first-order valence-electron chi connectivity index (χ1n) is 6.73. The van der Waals surface area contributed by atoms with Gasteiger partial charge in [-0.15, -0.1) is 0 Å². The summed E-state index contributed by atoms with van der Waals surface area (Å²) in [6.07, 6.45) is 3.35. The molecule has 0 unspecified atom stereocenters. The summed E-state index contributed by atoms with van der Waals surface area (Å²) in [7, 11) is 0. The molecule has 0 atom stereocenters. The van der Waals surface area contributed by atoms with E-state index in [-0.39, 0.29) is 0 Å². The van der Waals surface area contributed by atoms with Crippen molar-refractivity contribution in [2.45, 2.75) is 20.4 Å². The number of nitrogens with two attached hydrogens (primary N) is 1. The lowest BCUT2D eigenvalue weighted by atomic mass is 10.3. The third-order valence-corrected chi connectivity index (χ3v) is 2.66. The van der Waals surface area contributed by atoms with E-state index >= 15 is 0 Å². The number of hydrogen-bond donors (Lipinski definition) is 1. The Morgan fingerprint density at radius 3 is 2.16 bits per heavy atom. The largest absolute Gasteiger partial charge is 0.380 e. The van der Waals surface area contributed by atoms with E-state index in [9.17, 15) is 0 Å². The molecule has 0 saturated heterocycles. The molecule has 1 rings (SSSR count). The quantitative estimate of drug-likeness (QED) is 0.633. The van der Waals surface area contributed by atoms with Gasteiger partial charge in [-0.2, -0.15) is 0 Å². The maximum atomic E-state index is 5.71. The minimum atomic E-state index is 0.378. The number of anilines is 1. The summed E-state index contributed by atoms with van der Waals surface area (Å²) in [5.74, 6) is 0.824. The summed E-state index contributed by atoms with van der Waals surface area (Å²) in [4.78, 5) is 10.8. The topological polar surface area (TPSA) is 73.5 Å². The van der Waals surface area contributed by atoms with Gasteiger partial charge >= 0.3 is 0 Å². The molecule has 108 valence electrons. The van der Waals surface area contributed by atoms with Crippen molar-refractivity contribution in [2.75, 3.05) is 44.4 Å². The third kappa shape index (κ3) is 5.50. The second kappa shape index (κ2) is 9.66. The van der Waals surface area contributed by atoms with Gasteiger partial charge in [0.25, 0.3) is 0 Å². The van der Waals surface area contributed by atoms with Crippen LogP contribution in [0.4, 0.5) is 5.82 Å². The lowest BCUT2D eigenvalue weighted by molar-refractivity contribution is 0.141. The predicted molar refractivity (Wildman–Crippen MR) is 75.1 cm³/mol. The molecule has 0 saturated carbocycles. The van der Waals surface area contributed by atoms with Crippen LogP contribution in [0, 0.1) is 0 Å². The van der Waals surface area contributed by atoms with Crippen LogP contribution in [-0.2, 0) is 16.0 Å². The number of aromatic nitrogens is 2. The minimum absolute atomic E-state index is 0.378. The van der Waals surface area contributed by atoms with Gasteiger partial charge in [0.2, 0.25) is 0 Å². The highest BCUT2D eigenvalue weighted by atomic mass is 16.5. The van der Waals surface area contributed by atoms with Gasteiger partial charge < -0.3 is 20.1 Å². The average Bonchev–Trinajstić information content (AvgIpc) is 2.46. The van der Waals surface area contributed by atoms with E-state index in [2.05, 4.69) is 14.9 Å². The smallest absolute Gasteiger partial charge is 0.151 e. The molecular weight excluding hydrogens is 244 g/mol. The van der Waals surface area contributed by atoms with Crippen LogP contribution in [0.3, 0.4) is 0 Å². The van der Waals surface area contributed by atoms with Crippen LogP contribution in [0.15, 0.2) is 12.4 Å². The highest BCUT2D eigenvalue weighted by molar-refractivity contribution is 5.42. The monoisotopic (exact) mass is 268 g/mol. The summed E-state index contributed by atoms with van der Waals surface area (Å²) in [5.41, 5.74) is 6.51. The molecule has 0 aliphatic heterocycles. The number of nitrogens with zero attached hydrogens (tertiary/aromatic N) is 3. The van der Waals surface area contributed by atoms with E-state index < -0.39 is 0 Å². The highest BCUT2D eigenvalue weighted by Gasteiger charge is 2.12. The summed E-state index contributed by atoms with van der Waals surface area (Å²) in [6, 6.07) is 0. The van der Waals surface area contributed by atoms with Gasteiger partial charge in [0.15, 0.2) is 5.82 Å². The summed E-state index contributed by atoms with van der Waals surface area (Å²) >= 11 is 0. The van der Waals surface area contributed by atoms with E-state index in [1.165, 1.54) is 0 Å². The third-order valence-electron chi connectivity index (χ3n) is 2.66. The van der Waals surface area contributed by atoms with Gasteiger partial charge in [0.05, 0.1) is 18.9 Å². The Kier molecular flexibility index (Phi) is 8.04. The Bertz CT molecular complexity index is 339. The zero-order valence-electron chi connectivity index (χ0n) is 11.8. The standard InChI is InChI=1S/C13H24N4O2/c1-3-18-9-7-17(8-10-19-4-2)13-12(11-14)15-5-6-16-13/h5-6H,3-4,7-11,14H2,1-2H3. The van der Waals surface area contributed by atoms with Crippen molar-refractivity contribution in [3.8, 4) is 0 Å². The maximum absolute atomic E-state index is 5.71. The molecule has 1 aromatic rings. The first kappa shape index (κ1) is 15.8. The van der Waals surface area contributed by atoms with Crippen LogP contribution in [0.1, 0.15) is 19.5 Å². The van der Waals surface area contributed by atoms with Crippen LogP contribution in [0.25, 0.3) is 0 Å². The molecule has 0 spiro atoms. The van der Waals surface area contributed by atoms with Crippen molar-refractivity contribution in [1.29, 1.82) is 0 Å². The summed E-state index contributed by atoms with van der Waals surface area (Å²) in [5, 5.41) is 0. The molecule has 0 fully saturated rings. The fourth-order valence-corrected chi connectivity index (χ4v) is 1.73. The molecule has 0 bridgehead atoms. The first-order valence-corrected chi connectivity index (χ1v) is 6.73. The summed E-state index contributed by atoms with van der Waals surface area (Å²) in [6.45, 7) is 8.60. The summed E-state index contributed by atoms with van der Waals surface area (Å²) < 4.78 is 10.8. The van der Waals surface area contributed by atoms with Crippen molar-refractivity contribution in [1.82, 2.24) is 9.97 Å². The van der Waals surface area contributed by atoms with E-state index in [0.717, 1.165) is 24.6 Å². The van der Waals surface area contributed by atoms with Gasteiger partial charge in [-0.05, 0) is 13.8 Å². The van der Waals surface area contributed by atoms with Crippen LogP contribution in [-0.4, -0.2) is 49.5 Å². The zero-order valence-corrected chi connectivity index (χ0v) is 11.8. The molecule has 0 aliphatic carbocycles. The molecule has 0 amide bonds. The Hall–Kier alpha value is -1.24.